The van der Waals surface area contributed by atoms with Crippen molar-refractivity contribution in [1.82, 2.24) is 19.6 Å². The highest BCUT2D eigenvalue weighted by molar-refractivity contribution is 6.31. The van der Waals surface area contributed by atoms with Gasteiger partial charge >= 0.3 is 0 Å². The van der Waals surface area contributed by atoms with Crippen molar-refractivity contribution in [3.63, 3.8) is 0 Å². The molecule has 0 spiro atoms. The molecular weight excluding hydrogens is 430 g/mol. The molecule has 0 saturated carbocycles. The van der Waals surface area contributed by atoms with Crippen LogP contribution in [-0.2, 0) is 11.3 Å². The maximum absolute atomic E-state index is 13.3. The Morgan fingerprint density at radius 1 is 1.16 bits per heavy atom. The van der Waals surface area contributed by atoms with Gasteiger partial charge in [-0.2, -0.15) is 10.2 Å². The van der Waals surface area contributed by atoms with Gasteiger partial charge in [0.25, 0.3) is 5.56 Å². The molecule has 1 amide bonds. The fourth-order valence-electron chi connectivity index (χ4n) is 3.66. The Morgan fingerprint density at radius 2 is 1.94 bits per heavy atom. The number of aryl methyl sites for hydroxylation is 3. The fraction of sp³-hybridized carbons (Fsp3) is 0.217. The van der Waals surface area contributed by atoms with E-state index in [0.717, 1.165) is 21.5 Å². The van der Waals surface area contributed by atoms with Gasteiger partial charge in [0.2, 0.25) is 5.91 Å². The molecule has 4 rings (SSSR count). The molecule has 2 heterocycles. The van der Waals surface area contributed by atoms with Crippen LogP contribution in [0.2, 0.25) is 5.02 Å². The van der Waals surface area contributed by atoms with Gasteiger partial charge in [-0.15, -0.1) is 0 Å². The van der Waals surface area contributed by atoms with Gasteiger partial charge in [0, 0.05) is 10.4 Å². The molecule has 0 aliphatic carbocycles. The molecule has 0 unspecified atom stereocenters. The number of aromatic nitrogens is 4. The van der Waals surface area contributed by atoms with Crippen molar-refractivity contribution in [2.75, 3.05) is 12.4 Å². The molecule has 0 fully saturated rings. The average molecular weight is 452 g/mol. The Hall–Kier alpha value is -3.65. The molecule has 1 N–H and O–H groups in total. The van der Waals surface area contributed by atoms with Crippen LogP contribution in [0.4, 0.5) is 5.69 Å². The Bertz CT molecular complexity index is 1410. The predicted octanol–water partition coefficient (Wildman–Crippen LogP) is 3.81. The Morgan fingerprint density at radius 3 is 2.66 bits per heavy atom. The van der Waals surface area contributed by atoms with Crippen LogP contribution in [0.25, 0.3) is 16.6 Å². The first-order valence-corrected chi connectivity index (χ1v) is 10.3. The maximum atomic E-state index is 13.3. The van der Waals surface area contributed by atoms with E-state index < -0.39 is 11.5 Å². The summed E-state index contributed by atoms with van der Waals surface area (Å²) >= 11 is 6.03. The second kappa shape index (κ2) is 8.47. The molecule has 0 atom stereocenters. The fourth-order valence-corrected chi connectivity index (χ4v) is 3.83. The second-order valence-electron chi connectivity index (χ2n) is 7.55. The number of amides is 1. The third-order valence-corrected chi connectivity index (χ3v) is 5.41. The van der Waals surface area contributed by atoms with Gasteiger partial charge in [-0.05, 0) is 50.6 Å². The van der Waals surface area contributed by atoms with Crippen molar-refractivity contribution >= 4 is 34.1 Å². The van der Waals surface area contributed by atoms with E-state index in [0.29, 0.717) is 33.1 Å². The number of hydrogen-bond acceptors (Lipinski definition) is 5. The molecule has 4 aromatic rings. The van der Waals surface area contributed by atoms with Crippen LogP contribution >= 0.6 is 11.6 Å². The molecule has 0 saturated heterocycles. The van der Waals surface area contributed by atoms with Crippen molar-refractivity contribution in [2.45, 2.75) is 27.3 Å². The molecule has 0 bridgehead atoms. The summed E-state index contributed by atoms with van der Waals surface area (Å²) < 4.78 is 8.01. The zero-order valence-electron chi connectivity index (χ0n) is 18.1. The first-order valence-electron chi connectivity index (χ1n) is 9.95. The first-order chi connectivity index (χ1) is 15.3. The van der Waals surface area contributed by atoms with Crippen LogP contribution in [0.5, 0.6) is 5.75 Å². The van der Waals surface area contributed by atoms with Gasteiger partial charge in [-0.25, -0.2) is 9.36 Å². The van der Waals surface area contributed by atoms with Crippen LogP contribution in [-0.4, -0.2) is 32.6 Å². The van der Waals surface area contributed by atoms with Crippen molar-refractivity contribution < 1.29 is 9.53 Å². The first kappa shape index (κ1) is 21.6. The van der Waals surface area contributed by atoms with Crippen molar-refractivity contribution in [3.8, 4) is 11.4 Å². The van der Waals surface area contributed by atoms with Crippen LogP contribution in [0.3, 0.4) is 0 Å². The highest BCUT2D eigenvalue weighted by Gasteiger charge is 2.18. The number of carbonyl (C=O) groups is 1. The van der Waals surface area contributed by atoms with Crippen LogP contribution in [0.1, 0.15) is 16.8 Å². The standard InChI is InChI=1S/C23H22ClN5O3/c1-13-5-7-19(14(2)9-13)29-22-17(11-25-29)15(3)27-28(23(22)31)12-21(30)26-18-10-16(24)6-8-20(18)32-4/h5-11H,12H2,1-4H3,(H,26,30). The van der Waals surface area contributed by atoms with E-state index in [1.807, 2.05) is 32.0 Å². The Balaban J connectivity index is 1.73. The maximum Gasteiger partial charge on any atom is 0.293 e. The quantitative estimate of drug-likeness (QED) is 0.498. The summed E-state index contributed by atoms with van der Waals surface area (Å²) in [7, 11) is 1.50. The topological polar surface area (TPSA) is 91.0 Å². The number of hydrogen-bond donors (Lipinski definition) is 1. The SMILES string of the molecule is COc1ccc(Cl)cc1NC(=O)Cn1nc(C)c2cnn(-c3ccc(C)cc3C)c2c1=O. The van der Waals surface area contributed by atoms with E-state index in [1.54, 1.807) is 36.0 Å². The summed E-state index contributed by atoms with van der Waals surface area (Å²) in [5.41, 5.74) is 3.88. The van der Waals surface area contributed by atoms with Gasteiger partial charge in [0.1, 0.15) is 17.8 Å². The third-order valence-electron chi connectivity index (χ3n) is 5.18. The van der Waals surface area contributed by atoms with Gasteiger partial charge in [-0.1, -0.05) is 29.3 Å². The highest BCUT2D eigenvalue weighted by Crippen LogP contribution is 2.27. The summed E-state index contributed by atoms with van der Waals surface area (Å²) in [6, 6.07) is 10.8. The molecule has 2 aromatic carbocycles. The monoisotopic (exact) mass is 451 g/mol. The lowest BCUT2D eigenvalue weighted by Crippen LogP contribution is -2.31. The second-order valence-corrected chi connectivity index (χ2v) is 7.99. The highest BCUT2D eigenvalue weighted by atomic mass is 35.5. The summed E-state index contributed by atoms with van der Waals surface area (Å²) in [6.45, 7) is 5.48. The average Bonchev–Trinajstić information content (AvgIpc) is 3.17. The summed E-state index contributed by atoms with van der Waals surface area (Å²) in [5.74, 6) is 0.0270. The summed E-state index contributed by atoms with van der Waals surface area (Å²) in [6.07, 6.45) is 1.62. The zero-order valence-corrected chi connectivity index (χ0v) is 18.9. The smallest absolute Gasteiger partial charge is 0.293 e. The molecule has 0 aliphatic rings. The van der Waals surface area contributed by atoms with E-state index in [-0.39, 0.29) is 6.54 Å². The van der Waals surface area contributed by atoms with Gasteiger partial charge in [0.15, 0.2) is 0 Å². The molecule has 0 radical (unpaired) electrons. The third kappa shape index (κ3) is 3.97. The molecular formula is C23H22ClN5O3. The number of anilines is 1. The number of carbonyl (C=O) groups excluding carboxylic acids is 1. The number of ether oxygens (including phenoxy) is 1. The molecule has 164 valence electrons. The van der Waals surface area contributed by atoms with Gasteiger partial charge in [0.05, 0.1) is 30.4 Å². The zero-order chi connectivity index (χ0) is 23.0. The lowest BCUT2D eigenvalue weighted by Gasteiger charge is -2.12. The number of nitrogens with zero attached hydrogens (tertiary/aromatic N) is 4. The number of nitrogens with one attached hydrogen (secondary N) is 1. The molecule has 32 heavy (non-hydrogen) atoms. The van der Waals surface area contributed by atoms with Gasteiger partial charge < -0.3 is 10.1 Å². The minimum absolute atomic E-state index is 0.274. The number of fused-ring (bicyclic) bond motifs is 1. The normalized spacial score (nSPS) is 11.0. The van der Waals surface area contributed by atoms with Crippen LogP contribution in [0.15, 0.2) is 47.4 Å². The Labute approximate surface area is 189 Å². The molecule has 0 aliphatic heterocycles. The minimum Gasteiger partial charge on any atom is -0.495 e. The minimum atomic E-state index is -0.434. The summed E-state index contributed by atoms with van der Waals surface area (Å²) in [5, 5.41) is 12.6. The van der Waals surface area contributed by atoms with Crippen molar-refractivity contribution in [3.05, 3.63) is 74.8 Å². The molecule has 2 aromatic heterocycles. The lowest BCUT2D eigenvalue weighted by atomic mass is 10.1. The van der Waals surface area contributed by atoms with E-state index in [9.17, 15) is 9.59 Å². The molecule has 9 heteroatoms. The van der Waals surface area contributed by atoms with E-state index in [1.165, 1.54) is 7.11 Å². The number of halogens is 1. The predicted molar refractivity (Wildman–Crippen MR) is 124 cm³/mol. The molecule has 8 nitrogen and oxygen atoms in total. The van der Waals surface area contributed by atoms with Crippen LogP contribution in [0, 0.1) is 20.8 Å². The number of methoxy groups -OCH3 is 1. The summed E-state index contributed by atoms with van der Waals surface area (Å²) in [4.78, 5) is 26.0. The van der Waals surface area contributed by atoms with E-state index >= 15 is 0 Å². The lowest BCUT2D eigenvalue weighted by molar-refractivity contribution is -0.117. The van der Waals surface area contributed by atoms with Crippen molar-refractivity contribution in [2.24, 2.45) is 0 Å². The van der Waals surface area contributed by atoms with E-state index in [4.69, 9.17) is 16.3 Å². The number of rotatable bonds is 5. The van der Waals surface area contributed by atoms with E-state index in [2.05, 4.69) is 15.5 Å². The number of benzene rings is 2. The van der Waals surface area contributed by atoms with Crippen molar-refractivity contribution in [1.29, 1.82) is 0 Å². The largest absolute Gasteiger partial charge is 0.495 e. The van der Waals surface area contributed by atoms with Crippen LogP contribution < -0.4 is 15.6 Å². The van der Waals surface area contributed by atoms with Gasteiger partial charge in [-0.3, -0.25) is 9.59 Å². The Kier molecular flexibility index (Phi) is 5.71.